The van der Waals surface area contributed by atoms with Crippen LogP contribution in [0.5, 0.6) is 0 Å². The highest BCUT2D eigenvalue weighted by Crippen LogP contribution is 2.31. The number of para-hydroxylation sites is 1. The molecule has 0 aliphatic carbocycles. The van der Waals surface area contributed by atoms with Gasteiger partial charge in [-0.3, -0.25) is 9.59 Å². The molecule has 22 heavy (non-hydrogen) atoms. The lowest BCUT2D eigenvalue weighted by atomic mass is 10.1. The van der Waals surface area contributed by atoms with E-state index >= 15 is 0 Å². The van der Waals surface area contributed by atoms with Gasteiger partial charge in [-0.1, -0.05) is 12.1 Å². The van der Waals surface area contributed by atoms with E-state index in [4.69, 9.17) is 5.73 Å². The Labute approximate surface area is 135 Å². The smallest absolute Gasteiger partial charge is 0.277 e. The van der Waals surface area contributed by atoms with Crippen molar-refractivity contribution in [3.05, 3.63) is 28.7 Å². The van der Waals surface area contributed by atoms with Gasteiger partial charge < -0.3 is 16.0 Å². The summed E-state index contributed by atoms with van der Waals surface area (Å²) < 4.78 is 26.8. The molecule has 2 rings (SSSR count). The maximum Gasteiger partial charge on any atom is 0.277 e. The van der Waals surface area contributed by atoms with Gasteiger partial charge in [-0.25, -0.2) is 8.78 Å². The monoisotopic (exact) mass is 375 g/mol. The third kappa shape index (κ3) is 3.61. The van der Waals surface area contributed by atoms with E-state index in [0.717, 1.165) is 4.47 Å². The number of alkyl halides is 2. The first-order chi connectivity index (χ1) is 10.4. The van der Waals surface area contributed by atoms with Gasteiger partial charge in [0, 0.05) is 11.0 Å². The summed E-state index contributed by atoms with van der Waals surface area (Å²) >= 11 is 3.35. The number of carbonyl (C=O) groups excluding carboxylic acids is 2. The predicted molar refractivity (Wildman–Crippen MR) is 81.6 cm³/mol. The molecule has 0 bridgehead atoms. The van der Waals surface area contributed by atoms with Gasteiger partial charge in [-0.15, -0.1) is 0 Å². The molecule has 5 nitrogen and oxygen atoms in total. The normalized spacial score (nSPS) is 18.6. The Hall–Kier alpha value is -1.54. The molecule has 0 radical (unpaired) electrons. The van der Waals surface area contributed by atoms with Crippen molar-refractivity contribution in [1.82, 2.24) is 5.32 Å². The third-order valence-corrected chi connectivity index (χ3v) is 4.16. The maximum atomic E-state index is 13.1. The first-order valence-electron chi connectivity index (χ1n) is 6.77. The second-order valence-corrected chi connectivity index (χ2v) is 5.91. The van der Waals surface area contributed by atoms with Crippen LogP contribution < -0.4 is 16.0 Å². The highest BCUT2D eigenvalue weighted by molar-refractivity contribution is 9.10. The minimum atomic E-state index is -3.17. The standard InChI is InChI=1S/C14H16BrF2N3O2/c15-10-3-1-2-4-11(10)20-6-5-9(13(20)22)12(21)19-8-14(16,17)7-18/h1-4,9H,5-8,18H2,(H,19,21). The van der Waals surface area contributed by atoms with Crippen LogP contribution >= 0.6 is 15.9 Å². The van der Waals surface area contributed by atoms with Gasteiger partial charge in [-0.2, -0.15) is 0 Å². The molecule has 0 spiro atoms. The number of benzene rings is 1. The molecule has 2 amide bonds. The molecule has 1 fully saturated rings. The van der Waals surface area contributed by atoms with Crippen molar-refractivity contribution >= 4 is 33.4 Å². The quantitative estimate of drug-likeness (QED) is 0.766. The number of carbonyl (C=O) groups is 2. The Balaban J connectivity index is 2.02. The molecule has 1 unspecified atom stereocenters. The summed E-state index contributed by atoms with van der Waals surface area (Å²) in [5.41, 5.74) is 5.57. The van der Waals surface area contributed by atoms with E-state index in [1.165, 1.54) is 4.90 Å². The SMILES string of the molecule is NCC(F)(F)CNC(=O)C1CCN(c2ccccc2Br)C1=O. The zero-order chi connectivity index (χ0) is 16.3. The molecule has 1 aromatic carbocycles. The van der Waals surface area contributed by atoms with Gasteiger partial charge in [0.05, 0.1) is 18.8 Å². The minimum Gasteiger partial charge on any atom is -0.349 e. The number of nitrogens with one attached hydrogen (secondary N) is 1. The highest BCUT2D eigenvalue weighted by Gasteiger charge is 2.39. The molecule has 1 aliphatic rings. The van der Waals surface area contributed by atoms with Crippen molar-refractivity contribution in [2.75, 3.05) is 24.5 Å². The number of nitrogens with two attached hydrogens (primary N) is 1. The Kier molecular flexibility index (Phi) is 5.12. The molecule has 1 heterocycles. The van der Waals surface area contributed by atoms with Crippen LogP contribution in [-0.4, -0.2) is 37.4 Å². The fourth-order valence-corrected chi connectivity index (χ4v) is 2.74. The van der Waals surface area contributed by atoms with Crippen LogP contribution in [0.3, 0.4) is 0 Å². The average molecular weight is 376 g/mol. The van der Waals surface area contributed by atoms with Gasteiger partial charge in [-0.05, 0) is 34.5 Å². The van der Waals surface area contributed by atoms with Crippen LogP contribution in [0.4, 0.5) is 14.5 Å². The molecular weight excluding hydrogens is 360 g/mol. The van der Waals surface area contributed by atoms with Gasteiger partial charge >= 0.3 is 0 Å². The van der Waals surface area contributed by atoms with Crippen molar-refractivity contribution in [2.45, 2.75) is 12.3 Å². The lowest BCUT2D eigenvalue weighted by Crippen LogP contribution is -2.45. The van der Waals surface area contributed by atoms with Crippen molar-refractivity contribution in [1.29, 1.82) is 0 Å². The number of hydrogen-bond acceptors (Lipinski definition) is 3. The summed E-state index contributed by atoms with van der Waals surface area (Å²) in [5.74, 6) is -5.19. The molecule has 1 aromatic rings. The molecule has 1 atom stereocenters. The molecule has 1 saturated heterocycles. The van der Waals surface area contributed by atoms with Crippen LogP contribution in [0.25, 0.3) is 0 Å². The summed E-state index contributed by atoms with van der Waals surface area (Å²) in [4.78, 5) is 25.7. The summed E-state index contributed by atoms with van der Waals surface area (Å²) in [6.07, 6.45) is 0.292. The minimum absolute atomic E-state index is 0.292. The van der Waals surface area contributed by atoms with Gasteiger partial charge in [0.25, 0.3) is 5.92 Å². The summed E-state index contributed by atoms with van der Waals surface area (Å²) in [6, 6.07) is 7.14. The molecule has 1 aliphatic heterocycles. The first-order valence-corrected chi connectivity index (χ1v) is 7.56. The fraction of sp³-hybridized carbons (Fsp3) is 0.429. The molecule has 0 saturated carbocycles. The van der Waals surface area contributed by atoms with Crippen molar-refractivity contribution in [3.63, 3.8) is 0 Å². The van der Waals surface area contributed by atoms with E-state index in [1.54, 1.807) is 18.2 Å². The second-order valence-electron chi connectivity index (χ2n) is 5.06. The van der Waals surface area contributed by atoms with Crippen molar-refractivity contribution in [2.24, 2.45) is 11.7 Å². The summed E-state index contributed by atoms with van der Waals surface area (Å²) in [6.45, 7) is -1.34. The Bertz CT molecular complexity index is 583. The summed E-state index contributed by atoms with van der Waals surface area (Å²) in [7, 11) is 0. The number of nitrogens with zero attached hydrogens (tertiary/aromatic N) is 1. The second kappa shape index (κ2) is 6.70. The van der Waals surface area contributed by atoms with E-state index in [1.807, 2.05) is 6.07 Å². The number of anilines is 1. The van der Waals surface area contributed by atoms with E-state index in [9.17, 15) is 18.4 Å². The Morgan fingerprint density at radius 3 is 2.77 bits per heavy atom. The lowest BCUT2D eigenvalue weighted by molar-refractivity contribution is -0.133. The van der Waals surface area contributed by atoms with E-state index in [2.05, 4.69) is 21.2 Å². The molecule has 3 N–H and O–H groups in total. The lowest BCUT2D eigenvalue weighted by Gasteiger charge is -2.19. The van der Waals surface area contributed by atoms with Crippen molar-refractivity contribution < 1.29 is 18.4 Å². The maximum absolute atomic E-state index is 13.1. The van der Waals surface area contributed by atoms with Crippen LogP contribution in [-0.2, 0) is 9.59 Å². The molecular formula is C14H16BrF2N3O2. The van der Waals surface area contributed by atoms with Gasteiger partial charge in [0.15, 0.2) is 0 Å². The summed E-state index contributed by atoms with van der Waals surface area (Å²) in [5, 5.41) is 2.10. The van der Waals surface area contributed by atoms with E-state index < -0.39 is 30.8 Å². The highest BCUT2D eigenvalue weighted by atomic mass is 79.9. The number of halogens is 3. The Morgan fingerprint density at radius 2 is 2.14 bits per heavy atom. The van der Waals surface area contributed by atoms with Gasteiger partial charge in [0.1, 0.15) is 5.92 Å². The number of rotatable bonds is 5. The first kappa shape index (κ1) is 16.8. The zero-order valence-corrected chi connectivity index (χ0v) is 13.3. The molecule has 8 heteroatoms. The van der Waals surface area contributed by atoms with E-state index in [0.29, 0.717) is 18.7 Å². The third-order valence-electron chi connectivity index (χ3n) is 3.49. The van der Waals surface area contributed by atoms with Crippen LogP contribution in [0, 0.1) is 5.92 Å². The predicted octanol–water partition coefficient (Wildman–Crippen LogP) is 1.51. The number of hydrogen-bond donors (Lipinski definition) is 2. The topological polar surface area (TPSA) is 75.4 Å². The average Bonchev–Trinajstić information content (AvgIpc) is 2.87. The van der Waals surface area contributed by atoms with E-state index in [-0.39, 0.29) is 5.91 Å². The van der Waals surface area contributed by atoms with Crippen LogP contribution in [0.1, 0.15) is 6.42 Å². The molecule has 120 valence electrons. The van der Waals surface area contributed by atoms with Gasteiger partial charge in [0.2, 0.25) is 11.8 Å². The fourth-order valence-electron chi connectivity index (χ4n) is 2.24. The van der Waals surface area contributed by atoms with Crippen LogP contribution in [0.2, 0.25) is 0 Å². The van der Waals surface area contributed by atoms with Crippen molar-refractivity contribution in [3.8, 4) is 0 Å². The zero-order valence-electron chi connectivity index (χ0n) is 11.7. The van der Waals surface area contributed by atoms with Crippen LogP contribution in [0.15, 0.2) is 28.7 Å². The largest absolute Gasteiger partial charge is 0.349 e. The Morgan fingerprint density at radius 1 is 1.45 bits per heavy atom. The molecule has 0 aromatic heterocycles. The number of amides is 2.